The number of ketones is 1. The highest BCUT2D eigenvalue weighted by molar-refractivity contribution is 5.94. The van der Waals surface area contributed by atoms with Crippen molar-refractivity contribution in [1.29, 1.82) is 0 Å². The molecular formula is C20H24O. The van der Waals surface area contributed by atoms with Crippen molar-refractivity contribution in [3.05, 3.63) is 46.5 Å². The molecule has 0 aliphatic heterocycles. The Balaban J connectivity index is 1.91. The van der Waals surface area contributed by atoms with Gasteiger partial charge in [-0.05, 0) is 60.6 Å². The molecule has 1 fully saturated rings. The van der Waals surface area contributed by atoms with Crippen molar-refractivity contribution in [1.82, 2.24) is 0 Å². The molecule has 1 spiro atoms. The first-order chi connectivity index (χ1) is 10.1. The highest BCUT2D eigenvalue weighted by atomic mass is 16.1. The summed E-state index contributed by atoms with van der Waals surface area (Å²) in [5.74, 6) is 1.72. The largest absolute Gasteiger partial charge is 0.299 e. The number of carbonyl (C=O) groups excluding carboxylic acids is 1. The standard InChI is InChI=1S/C20H24O/c1-13(2)10-16-5-3-4-15-7-9-18(21)20(19(15)16)12-14-6-8-17(20)11-14/h3-6,13,17H,7-12H2,1-2H3. The van der Waals surface area contributed by atoms with Crippen LogP contribution >= 0.6 is 0 Å². The van der Waals surface area contributed by atoms with Gasteiger partial charge in [0.25, 0.3) is 0 Å². The van der Waals surface area contributed by atoms with Gasteiger partial charge in [0.1, 0.15) is 5.78 Å². The Morgan fingerprint density at radius 2 is 2.14 bits per heavy atom. The third kappa shape index (κ3) is 1.79. The molecule has 2 atom stereocenters. The summed E-state index contributed by atoms with van der Waals surface area (Å²) in [5.41, 5.74) is 5.75. The van der Waals surface area contributed by atoms with E-state index in [-0.39, 0.29) is 5.41 Å². The van der Waals surface area contributed by atoms with Crippen molar-refractivity contribution in [2.45, 2.75) is 57.8 Å². The molecule has 3 aliphatic carbocycles. The van der Waals surface area contributed by atoms with Crippen LogP contribution in [-0.4, -0.2) is 5.78 Å². The number of allylic oxidation sites excluding steroid dienone is 2. The minimum atomic E-state index is -0.150. The molecule has 0 aromatic heterocycles. The highest BCUT2D eigenvalue weighted by Crippen LogP contribution is 2.58. The lowest BCUT2D eigenvalue weighted by atomic mass is 9.60. The Labute approximate surface area is 127 Å². The second kappa shape index (κ2) is 4.56. The fourth-order valence-electron chi connectivity index (χ4n) is 5.09. The smallest absolute Gasteiger partial charge is 0.144 e. The number of rotatable bonds is 2. The molecular weight excluding hydrogens is 256 g/mol. The van der Waals surface area contributed by atoms with Crippen LogP contribution in [0, 0.1) is 11.8 Å². The number of Topliss-reactive ketones (excluding diaryl/α,β-unsaturated/α-hetero) is 1. The van der Waals surface area contributed by atoms with Crippen molar-refractivity contribution < 1.29 is 4.79 Å². The SMILES string of the molecule is CC(C)Cc1cccc2c1C1(CC3=CCC1C3)C(=O)CC2. The first-order valence-electron chi connectivity index (χ1n) is 8.43. The Morgan fingerprint density at radius 3 is 2.81 bits per heavy atom. The van der Waals surface area contributed by atoms with Gasteiger partial charge in [-0.25, -0.2) is 0 Å². The predicted octanol–water partition coefficient (Wildman–Crippen LogP) is 4.38. The van der Waals surface area contributed by atoms with E-state index < -0.39 is 0 Å². The average Bonchev–Trinajstić information content (AvgIpc) is 3.04. The zero-order valence-corrected chi connectivity index (χ0v) is 13.1. The van der Waals surface area contributed by atoms with Crippen LogP contribution in [0.15, 0.2) is 29.8 Å². The first-order valence-corrected chi connectivity index (χ1v) is 8.43. The van der Waals surface area contributed by atoms with Gasteiger partial charge in [0.05, 0.1) is 5.41 Å². The van der Waals surface area contributed by atoms with Gasteiger partial charge in [-0.3, -0.25) is 4.79 Å². The molecule has 0 saturated heterocycles. The van der Waals surface area contributed by atoms with Gasteiger partial charge in [0.2, 0.25) is 0 Å². The number of fused-ring (bicyclic) bond motifs is 5. The van der Waals surface area contributed by atoms with Gasteiger partial charge in [0.15, 0.2) is 0 Å². The number of hydrogen-bond acceptors (Lipinski definition) is 1. The Hall–Kier alpha value is -1.37. The molecule has 1 saturated carbocycles. The van der Waals surface area contributed by atoms with E-state index in [0.29, 0.717) is 17.6 Å². The fourth-order valence-corrected chi connectivity index (χ4v) is 5.09. The second-order valence-corrected chi connectivity index (χ2v) is 7.62. The molecule has 0 N–H and O–H groups in total. The van der Waals surface area contributed by atoms with Crippen molar-refractivity contribution >= 4 is 5.78 Å². The maximum absolute atomic E-state index is 13.0. The monoisotopic (exact) mass is 280 g/mol. The molecule has 1 aromatic carbocycles. The van der Waals surface area contributed by atoms with Crippen LogP contribution in [0.4, 0.5) is 0 Å². The number of benzene rings is 1. The molecule has 110 valence electrons. The van der Waals surface area contributed by atoms with Gasteiger partial charge >= 0.3 is 0 Å². The summed E-state index contributed by atoms with van der Waals surface area (Å²) >= 11 is 0. The van der Waals surface area contributed by atoms with Gasteiger partial charge in [-0.15, -0.1) is 0 Å². The van der Waals surface area contributed by atoms with Crippen molar-refractivity contribution in [3.63, 3.8) is 0 Å². The molecule has 4 rings (SSSR count). The van der Waals surface area contributed by atoms with Crippen LogP contribution in [0.3, 0.4) is 0 Å². The molecule has 0 heterocycles. The van der Waals surface area contributed by atoms with Crippen LogP contribution in [0.5, 0.6) is 0 Å². The molecule has 1 aromatic rings. The summed E-state index contributed by atoms with van der Waals surface area (Å²) in [6, 6.07) is 6.75. The lowest BCUT2D eigenvalue weighted by molar-refractivity contribution is -0.126. The van der Waals surface area contributed by atoms with Crippen LogP contribution in [0.2, 0.25) is 0 Å². The molecule has 2 bridgehead atoms. The Kier molecular flexibility index (Phi) is 2.89. The van der Waals surface area contributed by atoms with E-state index in [4.69, 9.17) is 0 Å². The Morgan fingerprint density at radius 1 is 1.29 bits per heavy atom. The summed E-state index contributed by atoms with van der Waals surface area (Å²) in [7, 11) is 0. The van der Waals surface area contributed by atoms with Gasteiger partial charge in [-0.2, -0.15) is 0 Å². The van der Waals surface area contributed by atoms with Crippen LogP contribution < -0.4 is 0 Å². The number of hydrogen-bond donors (Lipinski definition) is 0. The topological polar surface area (TPSA) is 17.1 Å². The molecule has 1 nitrogen and oxygen atoms in total. The maximum Gasteiger partial charge on any atom is 0.144 e. The zero-order valence-electron chi connectivity index (χ0n) is 13.1. The quantitative estimate of drug-likeness (QED) is 0.735. The lowest BCUT2D eigenvalue weighted by Gasteiger charge is -2.41. The minimum absolute atomic E-state index is 0.150. The second-order valence-electron chi connectivity index (χ2n) is 7.62. The molecule has 0 amide bonds. The van der Waals surface area contributed by atoms with Crippen molar-refractivity contribution in [2.75, 3.05) is 0 Å². The molecule has 21 heavy (non-hydrogen) atoms. The van der Waals surface area contributed by atoms with Gasteiger partial charge in [0, 0.05) is 6.42 Å². The summed E-state index contributed by atoms with van der Waals surface area (Å²) in [4.78, 5) is 13.0. The summed E-state index contributed by atoms with van der Waals surface area (Å²) in [5, 5.41) is 0. The number of aryl methyl sites for hydroxylation is 1. The first kappa shape index (κ1) is 13.3. The van der Waals surface area contributed by atoms with Crippen LogP contribution in [-0.2, 0) is 23.1 Å². The van der Waals surface area contributed by atoms with E-state index in [1.807, 2.05) is 0 Å². The van der Waals surface area contributed by atoms with Gasteiger partial charge in [-0.1, -0.05) is 43.7 Å². The van der Waals surface area contributed by atoms with Crippen molar-refractivity contribution in [2.24, 2.45) is 11.8 Å². The van der Waals surface area contributed by atoms with E-state index in [1.54, 1.807) is 5.57 Å². The van der Waals surface area contributed by atoms with E-state index in [0.717, 1.165) is 32.1 Å². The molecule has 2 unspecified atom stereocenters. The third-order valence-electron chi connectivity index (χ3n) is 5.83. The molecule has 3 aliphatic rings. The minimum Gasteiger partial charge on any atom is -0.299 e. The van der Waals surface area contributed by atoms with Crippen LogP contribution in [0.25, 0.3) is 0 Å². The van der Waals surface area contributed by atoms with Gasteiger partial charge < -0.3 is 0 Å². The van der Waals surface area contributed by atoms with E-state index >= 15 is 0 Å². The summed E-state index contributed by atoms with van der Waals surface area (Å²) < 4.78 is 0. The average molecular weight is 280 g/mol. The van der Waals surface area contributed by atoms with E-state index in [1.165, 1.54) is 23.1 Å². The maximum atomic E-state index is 13.0. The molecule has 1 heteroatoms. The molecule has 0 radical (unpaired) electrons. The predicted molar refractivity (Wildman–Crippen MR) is 85.4 cm³/mol. The normalized spacial score (nSPS) is 30.1. The van der Waals surface area contributed by atoms with E-state index in [2.05, 4.69) is 38.1 Å². The summed E-state index contributed by atoms with van der Waals surface area (Å²) in [6.07, 6.45) is 8.50. The van der Waals surface area contributed by atoms with Crippen LogP contribution in [0.1, 0.15) is 56.2 Å². The fraction of sp³-hybridized carbons (Fsp3) is 0.550. The summed E-state index contributed by atoms with van der Waals surface area (Å²) in [6.45, 7) is 4.56. The number of carbonyl (C=O) groups is 1. The van der Waals surface area contributed by atoms with E-state index in [9.17, 15) is 4.79 Å². The lowest BCUT2D eigenvalue weighted by Crippen LogP contribution is -2.44. The zero-order chi connectivity index (χ0) is 14.6. The Bertz CT molecular complexity index is 637. The van der Waals surface area contributed by atoms with Crippen molar-refractivity contribution in [3.8, 4) is 0 Å². The highest BCUT2D eigenvalue weighted by Gasteiger charge is 2.55. The third-order valence-corrected chi connectivity index (χ3v) is 5.83.